The van der Waals surface area contributed by atoms with Gasteiger partial charge in [-0.1, -0.05) is 12.1 Å². The minimum atomic E-state index is -0.709. The number of pyridine rings is 1. The van der Waals surface area contributed by atoms with Gasteiger partial charge in [-0.3, -0.25) is 19.0 Å². The molecule has 1 N–H and O–H groups in total. The number of nitrogens with one attached hydrogen (secondary N) is 1. The summed E-state index contributed by atoms with van der Waals surface area (Å²) in [6, 6.07) is 4.76. The fourth-order valence-corrected chi connectivity index (χ4v) is 2.32. The summed E-state index contributed by atoms with van der Waals surface area (Å²) in [6.07, 6.45) is 3.26. The van der Waals surface area contributed by atoms with E-state index in [9.17, 15) is 14.0 Å². The Kier molecular flexibility index (Phi) is 6.21. The zero-order chi connectivity index (χ0) is 18.4. The normalized spacial score (nSPS) is 13.1. The van der Waals surface area contributed by atoms with Crippen LogP contribution in [0.15, 0.2) is 35.1 Å². The van der Waals surface area contributed by atoms with Crippen LogP contribution in [0.25, 0.3) is 11.3 Å². The monoisotopic (exact) mass is 348 g/mol. The van der Waals surface area contributed by atoms with Crippen LogP contribution >= 0.6 is 0 Å². The van der Waals surface area contributed by atoms with E-state index >= 15 is 0 Å². The molecule has 2 aromatic heterocycles. The molecule has 2 atom stereocenters. The zero-order valence-electron chi connectivity index (χ0n) is 14.4. The highest BCUT2D eigenvalue weighted by Crippen LogP contribution is 2.17. The van der Waals surface area contributed by atoms with Crippen molar-refractivity contribution in [3.8, 4) is 11.3 Å². The summed E-state index contributed by atoms with van der Waals surface area (Å²) in [6.45, 7) is 2.83. The number of hydrogen-bond donors (Lipinski definition) is 1. The predicted octanol–water partition coefficient (Wildman–Crippen LogP) is 1.92. The van der Waals surface area contributed by atoms with E-state index in [2.05, 4.69) is 15.5 Å². The lowest BCUT2D eigenvalue weighted by Gasteiger charge is -2.24. The van der Waals surface area contributed by atoms with Gasteiger partial charge in [0, 0.05) is 43.7 Å². The molecule has 0 fully saturated rings. The standard InChI is InChI=1S/C17H21FN4O3/c1-11(8-18)17(24)22(3)10-12(2)20-16(23)15-7-14(21-25-15)13-5-4-6-19-9-13/h4-7,9,11-12H,8,10H2,1-3H3,(H,20,23). The summed E-state index contributed by atoms with van der Waals surface area (Å²) < 4.78 is 17.6. The lowest BCUT2D eigenvalue weighted by molar-refractivity contribution is -0.134. The van der Waals surface area contributed by atoms with Crippen molar-refractivity contribution in [3.05, 3.63) is 36.4 Å². The first kappa shape index (κ1) is 18.6. The lowest BCUT2D eigenvalue weighted by atomic mass is 10.1. The summed E-state index contributed by atoms with van der Waals surface area (Å²) in [5.41, 5.74) is 1.25. The smallest absolute Gasteiger partial charge is 0.290 e. The average molecular weight is 348 g/mol. The molecule has 0 spiro atoms. The molecule has 25 heavy (non-hydrogen) atoms. The number of halogens is 1. The maximum atomic E-state index is 12.6. The minimum absolute atomic E-state index is 0.0665. The summed E-state index contributed by atoms with van der Waals surface area (Å²) in [4.78, 5) is 29.5. The number of amides is 2. The molecule has 134 valence electrons. The number of rotatable bonds is 7. The van der Waals surface area contributed by atoms with Gasteiger partial charge in [0.25, 0.3) is 5.91 Å². The molecule has 2 heterocycles. The van der Waals surface area contributed by atoms with Gasteiger partial charge in [-0.15, -0.1) is 0 Å². The Bertz CT molecular complexity index is 720. The Morgan fingerprint density at radius 3 is 2.80 bits per heavy atom. The molecule has 7 nitrogen and oxygen atoms in total. The van der Waals surface area contributed by atoms with Crippen molar-refractivity contribution >= 4 is 11.8 Å². The Labute approximate surface area is 145 Å². The number of hydrogen-bond acceptors (Lipinski definition) is 5. The van der Waals surface area contributed by atoms with E-state index in [0.717, 1.165) is 5.56 Å². The largest absolute Gasteiger partial charge is 0.350 e. The van der Waals surface area contributed by atoms with Crippen LogP contribution in [-0.2, 0) is 4.79 Å². The molecular formula is C17H21FN4O3. The van der Waals surface area contributed by atoms with Crippen molar-refractivity contribution in [1.29, 1.82) is 0 Å². The van der Waals surface area contributed by atoms with Gasteiger partial charge in [0.1, 0.15) is 12.4 Å². The maximum absolute atomic E-state index is 12.6. The number of aromatic nitrogens is 2. The quantitative estimate of drug-likeness (QED) is 0.826. The summed E-state index contributed by atoms with van der Waals surface area (Å²) in [5, 5.41) is 6.58. The van der Waals surface area contributed by atoms with Gasteiger partial charge in [-0.25, -0.2) is 0 Å². The number of alkyl halides is 1. The Hall–Kier alpha value is -2.77. The molecule has 0 aliphatic carbocycles. The van der Waals surface area contributed by atoms with E-state index in [4.69, 9.17) is 4.52 Å². The fraction of sp³-hybridized carbons (Fsp3) is 0.412. The molecule has 2 unspecified atom stereocenters. The first-order valence-corrected chi connectivity index (χ1v) is 7.91. The van der Waals surface area contributed by atoms with Crippen molar-refractivity contribution < 1.29 is 18.5 Å². The first-order valence-electron chi connectivity index (χ1n) is 7.91. The third-order valence-corrected chi connectivity index (χ3v) is 3.65. The van der Waals surface area contributed by atoms with E-state index in [1.807, 2.05) is 6.07 Å². The fourth-order valence-electron chi connectivity index (χ4n) is 2.32. The van der Waals surface area contributed by atoms with Crippen LogP contribution in [0.5, 0.6) is 0 Å². The van der Waals surface area contributed by atoms with Gasteiger partial charge in [0.15, 0.2) is 0 Å². The molecular weight excluding hydrogens is 327 g/mol. The van der Waals surface area contributed by atoms with Gasteiger partial charge in [-0.2, -0.15) is 0 Å². The molecule has 0 saturated carbocycles. The molecule has 0 aliphatic heterocycles. The highest BCUT2D eigenvalue weighted by Gasteiger charge is 2.21. The predicted molar refractivity (Wildman–Crippen MR) is 89.4 cm³/mol. The second-order valence-corrected chi connectivity index (χ2v) is 5.97. The third kappa shape index (κ3) is 4.85. The number of nitrogens with zero attached hydrogens (tertiary/aromatic N) is 3. The van der Waals surface area contributed by atoms with Crippen LogP contribution in [0.4, 0.5) is 4.39 Å². The Morgan fingerprint density at radius 1 is 1.40 bits per heavy atom. The van der Waals surface area contributed by atoms with Crippen molar-refractivity contribution in [1.82, 2.24) is 20.4 Å². The van der Waals surface area contributed by atoms with E-state index in [1.165, 1.54) is 17.9 Å². The van der Waals surface area contributed by atoms with Crippen LogP contribution in [0, 0.1) is 5.92 Å². The highest BCUT2D eigenvalue weighted by atomic mass is 19.1. The number of carbonyl (C=O) groups is 2. The lowest BCUT2D eigenvalue weighted by Crippen LogP contribution is -2.44. The molecule has 8 heteroatoms. The second-order valence-electron chi connectivity index (χ2n) is 5.97. The molecule has 2 amide bonds. The van der Waals surface area contributed by atoms with Crippen molar-refractivity contribution in [2.45, 2.75) is 19.9 Å². The summed E-state index contributed by atoms with van der Waals surface area (Å²) >= 11 is 0. The topological polar surface area (TPSA) is 88.3 Å². The molecule has 0 radical (unpaired) electrons. The van der Waals surface area contributed by atoms with Crippen molar-refractivity contribution in [2.75, 3.05) is 20.3 Å². The van der Waals surface area contributed by atoms with Gasteiger partial charge in [0.05, 0.1) is 5.92 Å². The van der Waals surface area contributed by atoms with Gasteiger partial charge < -0.3 is 14.7 Å². The number of likely N-dealkylation sites (N-methyl/N-ethyl adjacent to an activating group) is 1. The number of carbonyl (C=O) groups excluding carboxylic acids is 2. The van der Waals surface area contributed by atoms with Crippen LogP contribution in [0.2, 0.25) is 0 Å². The van der Waals surface area contributed by atoms with Crippen LogP contribution in [0.1, 0.15) is 24.4 Å². The molecule has 2 rings (SSSR count). The maximum Gasteiger partial charge on any atom is 0.290 e. The van der Waals surface area contributed by atoms with Gasteiger partial charge in [0.2, 0.25) is 11.7 Å². The molecule has 0 saturated heterocycles. The second kappa shape index (κ2) is 8.36. The summed E-state index contributed by atoms with van der Waals surface area (Å²) in [7, 11) is 1.58. The minimum Gasteiger partial charge on any atom is -0.350 e. The van der Waals surface area contributed by atoms with E-state index < -0.39 is 18.5 Å². The SMILES string of the molecule is CC(CN(C)C(=O)C(C)CF)NC(=O)c1cc(-c2cccnc2)no1. The Balaban J connectivity index is 1.93. The Morgan fingerprint density at radius 2 is 2.16 bits per heavy atom. The highest BCUT2D eigenvalue weighted by molar-refractivity contribution is 5.92. The van der Waals surface area contributed by atoms with Crippen LogP contribution in [-0.4, -0.2) is 53.2 Å². The van der Waals surface area contributed by atoms with Gasteiger partial charge >= 0.3 is 0 Å². The van der Waals surface area contributed by atoms with E-state index in [-0.39, 0.29) is 24.3 Å². The third-order valence-electron chi connectivity index (χ3n) is 3.65. The zero-order valence-corrected chi connectivity index (χ0v) is 14.4. The van der Waals surface area contributed by atoms with Gasteiger partial charge in [-0.05, 0) is 19.1 Å². The molecule has 0 bridgehead atoms. The van der Waals surface area contributed by atoms with Crippen LogP contribution < -0.4 is 5.32 Å². The van der Waals surface area contributed by atoms with Crippen molar-refractivity contribution in [3.63, 3.8) is 0 Å². The molecule has 0 aliphatic rings. The van der Waals surface area contributed by atoms with Crippen molar-refractivity contribution in [2.24, 2.45) is 5.92 Å². The van der Waals surface area contributed by atoms with E-state index in [0.29, 0.717) is 5.69 Å². The first-order chi connectivity index (χ1) is 11.9. The molecule has 2 aromatic rings. The summed E-state index contributed by atoms with van der Waals surface area (Å²) in [5.74, 6) is -1.36. The van der Waals surface area contributed by atoms with E-state index in [1.54, 1.807) is 32.4 Å². The van der Waals surface area contributed by atoms with Crippen LogP contribution in [0.3, 0.4) is 0 Å². The average Bonchev–Trinajstić information content (AvgIpc) is 3.11. The molecule has 0 aromatic carbocycles.